The fraction of sp³-hybridized carbons (Fsp3) is 0.423. The van der Waals surface area contributed by atoms with E-state index in [1.54, 1.807) is 0 Å². The van der Waals surface area contributed by atoms with Crippen molar-refractivity contribution in [3.05, 3.63) is 40.2 Å². The number of Topliss-reactive ketones (excluding diaryl/α,β-unsaturated/α-hetero) is 2. The van der Waals surface area contributed by atoms with E-state index >= 15 is 0 Å². The number of halogens is 2. The van der Waals surface area contributed by atoms with Crippen LogP contribution in [-0.4, -0.2) is 90.3 Å². The number of hydrogen-bond acceptors (Lipinski definition) is 10. The van der Waals surface area contributed by atoms with E-state index in [0.29, 0.717) is 5.56 Å². The molecule has 3 unspecified atom stereocenters. The van der Waals surface area contributed by atoms with Gasteiger partial charge in [-0.3, -0.25) is 28.9 Å². The number of anilines is 1. The van der Waals surface area contributed by atoms with Crippen molar-refractivity contribution in [2.45, 2.75) is 42.2 Å². The van der Waals surface area contributed by atoms with E-state index in [0.717, 1.165) is 0 Å². The number of carbonyl (C=O) groups excluding carboxylic acids is 4. The van der Waals surface area contributed by atoms with Gasteiger partial charge in [-0.2, -0.15) is 0 Å². The quantitative estimate of drug-likeness (QED) is 0.121. The summed E-state index contributed by atoms with van der Waals surface area (Å²) in [6, 6.07) is 1.74. The van der Waals surface area contributed by atoms with Gasteiger partial charge in [0.2, 0.25) is 11.7 Å². The lowest BCUT2D eigenvalue weighted by molar-refractivity contribution is -0.153. The molecule has 1 fully saturated rings. The Morgan fingerprint density at radius 3 is 2.39 bits per heavy atom. The van der Waals surface area contributed by atoms with Crippen molar-refractivity contribution in [2.24, 2.45) is 17.6 Å². The smallest absolute Gasteiger partial charge is 0.303 e. The molecule has 0 aliphatic heterocycles. The van der Waals surface area contributed by atoms with E-state index in [9.17, 15) is 44.4 Å². The number of rotatable bonds is 7. The minimum absolute atomic E-state index is 0. The van der Waals surface area contributed by atoms with Gasteiger partial charge in [0.25, 0.3) is 5.91 Å². The van der Waals surface area contributed by atoms with Crippen molar-refractivity contribution in [1.29, 1.82) is 0 Å². The van der Waals surface area contributed by atoms with Crippen LogP contribution in [0, 0.1) is 11.8 Å². The number of aliphatic hydroxyl groups is 3. The third kappa shape index (κ3) is 5.15. The summed E-state index contributed by atoms with van der Waals surface area (Å²) in [6.45, 7) is 0. The van der Waals surface area contributed by atoms with Crippen LogP contribution in [0.4, 0.5) is 5.69 Å². The normalized spacial score (nSPS) is 26.0. The molecule has 1 aromatic rings. The number of phenolic OH excluding ortho intramolecular Hbond substituents is 1. The molecule has 13 nitrogen and oxygen atoms in total. The first kappa shape index (κ1) is 32.2. The van der Waals surface area contributed by atoms with Crippen molar-refractivity contribution in [3.63, 3.8) is 0 Å². The summed E-state index contributed by atoms with van der Waals surface area (Å²) in [5, 5.41) is 56.0. The molecule has 1 saturated carbocycles. The summed E-state index contributed by atoms with van der Waals surface area (Å²) in [7, 11) is 3.03. The first-order valence-corrected chi connectivity index (χ1v) is 13.2. The molecule has 0 saturated heterocycles. The number of benzene rings is 1. The predicted molar refractivity (Wildman–Crippen MR) is 153 cm³/mol. The van der Waals surface area contributed by atoms with Gasteiger partial charge in [0.05, 0.1) is 22.1 Å². The second-order valence-corrected chi connectivity index (χ2v) is 11.5. The van der Waals surface area contributed by atoms with Gasteiger partial charge in [0, 0.05) is 17.9 Å². The number of nitrogens with two attached hydrogens (primary N) is 1. The third-order valence-corrected chi connectivity index (χ3v) is 8.62. The summed E-state index contributed by atoms with van der Waals surface area (Å²) < 4.78 is 0. The van der Waals surface area contributed by atoms with Crippen LogP contribution in [0.2, 0.25) is 0 Å². The number of aliphatic carboxylic acids is 1. The zero-order valence-corrected chi connectivity index (χ0v) is 25.2. The molecule has 2 amide bonds. The lowest BCUT2D eigenvalue weighted by Crippen LogP contribution is -2.65. The number of aliphatic hydroxyl groups excluding tert-OH is 2. The lowest BCUT2D eigenvalue weighted by Gasteiger charge is -2.50. The molecule has 3 aliphatic carbocycles. The van der Waals surface area contributed by atoms with E-state index in [4.69, 9.17) is 10.8 Å². The average Bonchev–Trinajstić information content (AvgIpc) is 2.85. The van der Waals surface area contributed by atoms with Crippen molar-refractivity contribution in [3.8, 4) is 5.75 Å². The number of aromatic hydroxyl groups is 1. The number of nitrogens with zero attached hydrogens (tertiary/aromatic N) is 1. The molecule has 4 rings (SSSR count). The largest absolute Gasteiger partial charge is 0.508 e. The van der Waals surface area contributed by atoms with Crippen molar-refractivity contribution in [2.75, 3.05) is 19.4 Å². The van der Waals surface area contributed by atoms with Gasteiger partial charge in [-0.05, 0) is 50.9 Å². The summed E-state index contributed by atoms with van der Waals surface area (Å²) in [4.78, 5) is 62.8. The molecule has 5 atom stereocenters. The first-order valence-electron chi connectivity index (χ1n) is 12.3. The molecular weight excluding hydrogens is 674 g/mol. The van der Waals surface area contributed by atoms with Gasteiger partial charge in [0.1, 0.15) is 22.8 Å². The zero-order valence-electron chi connectivity index (χ0n) is 21.9. The van der Waals surface area contributed by atoms with Gasteiger partial charge < -0.3 is 36.6 Å². The first-order chi connectivity index (χ1) is 18.6. The molecule has 15 heteroatoms. The van der Waals surface area contributed by atoms with Gasteiger partial charge in [-0.25, -0.2) is 0 Å². The number of amides is 2. The number of alkyl halides is 1. The van der Waals surface area contributed by atoms with Gasteiger partial charge in [-0.1, -0.05) is 22.0 Å². The molecule has 3 aliphatic rings. The van der Waals surface area contributed by atoms with Gasteiger partial charge in [0.15, 0.2) is 11.4 Å². The Bertz CT molecular complexity index is 1420. The fourth-order valence-corrected chi connectivity index (χ4v) is 6.26. The highest BCUT2D eigenvalue weighted by atomic mass is 79.9. The Morgan fingerprint density at radius 2 is 1.83 bits per heavy atom. The minimum atomic E-state index is -2.75. The summed E-state index contributed by atoms with van der Waals surface area (Å²) in [5.41, 5.74) is 1.47. The molecule has 0 bridgehead atoms. The Balaban J connectivity index is 0.00000462. The number of ketones is 2. The number of hydrogen-bond donors (Lipinski definition) is 7. The van der Waals surface area contributed by atoms with Gasteiger partial charge >= 0.3 is 5.97 Å². The maximum Gasteiger partial charge on any atom is 0.303 e. The number of likely N-dealkylation sites (N-methyl/N-ethyl adjacent to an activating group) is 1. The van der Waals surface area contributed by atoms with E-state index < -0.39 is 80.5 Å². The number of nitrogens with one attached hydrogen (secondary N) is 1. The third-order valence-electron chi connectivity index (χ3n) is 7.75. The number of carboxylic acids is 1. The van der Waals surface area contributed by atoms with Crippen LogP contribution in [0.3, 0.4) is 0 Å². The summed E-state index contributed by atoms with van der Waals surface area (Å²) >= 11 is 3.10. The lowest BCUT2D eigenvalue weighted by atomic mass is 9.57. The highest BCUT2D eigenvalue weighted by Crippen LogP contribution is 2.53. The number of fused-ring (bicyclic) bond motifs is 3. The average molecular weight is 703 g/mol. The molecule has 1 aromatic carbocycles. The minimum Gasteiger partial charge on any atom is -0.508 e. The highest BCUT2D eigenvalue weighted by molar-refractivity contribution is 9.10. The maximum absolute atomic E-state index is 13.8. The molecule has 222 valence electrons. The molecule has 0 heterocycles. The van der Waals surface area contributed by atoms with Gasteiger partial charge in [-0.15, -0.1) is 17.0 Å². The van der Waals surface area contributed by atoms with Crippen LogP contribution in [0.15, 0.2) is 29.0 Å². The summed E-state index contributed by atoms with van der Waals surface area (Å²) in [5.74, 6) is -9.39. The van der Waals surface area contributed by atoms with Crippen LogP contribution in [0.5, 0.6) is 5.75 Å². The monoisotopic (exact) mass is 701 g/mol. The predicted octanol–water partition coefficient (Wildman–Crippen LogP) is 1.11. The Kier molecular flexibility index (Phi) is 9.08. The van der Waals surface area contributed by atoms with E-state index in [2.05, 4.69) is 21.2 Å². The molecule has 8 N–H and O–H groups in total. The van der Waals surface area contributed by atoms with E-state index in [1.165, 1.54) is 31.1 Å². The van der Waals surface area contributed by atoms with Crippen LogP contribution in [0.25, 0.3) is 5.76 Å². The Hall–Kier alpha value is -3.27. The second kappa shape index (κ2) is 11.5. The molecular formula is C26H29Br2N3O10. The Morgan fingerprint density at radius 1 is 1.20 bits per heavy atom. The van der Waals surface area contributed by atoms with Crippen LogP contribution in [-0.2, 0) is 30.4 Å². The molecule has 0 aromatic heterocycles. The van der Waals surface area contributed by atoms with Crippen LogP contribution >= 0.6 is 32.9 Å². The highest BCUT2D eigenvalue weighted by Gasteiger charge is 2.64. The fourth-order valence-electron chi connectivity index (χ4n) is 5.91. The molecule has 0 spiro atoms. The standard InChI is InChI=1S/C26H28BrN3O10.BrH/c1-30(2)18-11-8-10-7-9-3-5-13(29-25(39)12(27)4-6-14(31)32)19(33)15(9)20(34)16(10)22(36)26(11,40)23(37)17(21(18)35)24(28)38;/h3,5,10-12,18,33-34,37,40H,4,6-8H2,1-2H3,(H2,28,38)(H,29,39)(H,31,32);1H/t10?,11?,12?,18-,26-;/m0./s1. The molecule has 41 heavy (non-hydrogen) atoms. The number of carboxylic acid groups (broad SMARTS) is 1. The van der Waals surface area contributed by atoms with Crippen molar-refractivity contribution < 1.29 is 49.5 Å². The maximum atomic E-state index is 13.8. The van der Waals surface area contributed by atoms with Crippen LogP contribution in [0.1, 0.15) is 30.4 Å². The second-order valence-electron chi connectivity index (χ2n) is 10.3. The number of primary amides is 1. The SMILES string of the molecule is Br.CN(C)[C@@H]1C(=O)C(C(N)=O)=C(O)[C@@]2(O)C(=O)C3=C(O)c4c(ccc(NC(=O)C(Br)CCC(=O)O)c4O)CC3CC12. The van der Waals surface area contributed by atoms with E-state index in [1.807, 2.05) is 0 Å². The van der Waals surface area contributed by atoms with E-state index in [-0.39, 0.29) is 59.5 Å². The topological polar surface area (TPSA) is 228 Å². The number of carbonyl (C=O) groups is 5. The van der Waals surface area contributed by atoms with Crippen LogP contribution < -0.4 is 11.1 Å². The zero-order chi connectivity index (χ0) is 29.8. The number of phenols is 1. The molecule has 0 radical (unpaired) electrons. The summed E-state index contributed by atoms with van der Waals surface area (Å²) in [6.07, 6.45) is -0.243. The van der Waals surface area contributed by atoms with Crippen molar-refractivity contribution in [1.82, 2.24) is 4.90 Å². The van der Waals surface area contributed by atoms with Crippen molar-refractivity contribution >= 4 is 73.7 Å². The Labute approximate surface area is 252 Å².